The van der Waals surface area contributed by atoms with Gasteiger partial charge in [0, 0.05) is 6.54 Å². The zero-order valence-electron chi connectivity index (χ0n) is 19.9. The van der Waals surface area contributed by atoms with Crippen LogP contribution in [0.2, 0.25) is 0 Å². The van der Waals surface area contributed by atoms with E-state index in [9.17, 15) is 4.79 Å². The zero-order chi connectivity index (χ0) is 24.5. The third-order valence-corrected chi connectivity index (χ3v) is 6.80. The van der Waals surface area contributed by atoms with Crippen LogP contribution in [0.15, 0.2) is 60.0 Å². The molecule has 0 unspecified atom stereocenters. The fourth-order valence-corrected chi connectivity index (χ4v) is 4.65. The summed E-state index contributed by atoms with van der Waals surface area (Å²) < 4.78 is 18.1. The molecule has 1 atom stereocenters. The number of nitrogens with zero attached hydrogens (tertiary/aromatic N) is 1. The maximum atomic E-state index is 12.6. The lowest BCUT2D eigenvalue weighted by Gasteiger charge is -2.14. The lowest BCUT2D eigenvalue weighted by atomic mass is 9.99. The van der Waals surface area contributed by atoms with Gasteiger partial charge in [0.1, 0.15) is 23.3 Å². The van der Waals surface area contributed by atoms with E-state index < -0.39 is 0 Å². The van der Waals surface area contributed by atoms with Crippen molar-refractivity contribution >= 4 is 40.3 Å². The van der Waals surface area contributed by atoms with Crippen molar-refractivity contribution < 1.29 is 19.0 Å². The van der Waals surface area contributed by atoms with E-state index >= 15 is 0 Å². The first-order chi connectivity index (χ1) is 16.5. The van der Waals surface area contributed by atoms with Gasteiger partial charge in [-0.05, 0) is 60.7 Å². The monoisotopic (exact) mass is 497 g/mol. The molecule has 0 saturated carbocycles. The van der Waals surface area contributed by atoms with Crippen molar-refractivity contribution in [3.63, 3.8) is 0 Å². The van der Waals surface area contributed by atoms with E-state index in [1.165, 1.54) is 22.2 Å². The van der Waals surface area contributed by atoms with Crippen LogP contribution in [-0.2, 0) is 4.79 Å². The van der Waals surface area contributed by atoms with Gasteiger partial charge in [-0.3, -0.25) is 9.69 Å². The minimum Gasteiger partial charge on any atom is -0.490 e. The van der Waals surface area contributed by atoms with Crippen molar-refractivity contribution in [2.24, 2.45) is 0 Å². The van der Waals surface area contributed by atoms with Crippen LogP contribution in [0, 0.1) is 0 Å². The van der Waals surface area contributed by atoms with Crippen LogP contribution in [0.5, 0.6) is 17.2 Å². The molecule has 1 aliphatic heterocycles. The highest BCUT2D eigenvalue weighted by molar-refractivity contribution is 8.26. The number of ether oxygens (including phenoxy) is 3. The number of carbonyl (C=O) groups is 1. The smallest absolute Gasteiger partial charge is 0.266 e. The van der Waals surface area contributed by atoms with Crippen molar-refractivity contribution in [3.05, 3.63) is 71.2 Å². The summed E-state index contributed by atoms with van der Waals surface area (Å²) in [6.45, 7) is 11.7. The van der Waals surface area contributed by atoms with Crippen LogP contribution in [-0.4, -0.2) is 41.5 Å². The topological polar surface area (TPSA) is 48.0 Å². The van der Waals surface area contributed by atoms with E-state index in [0.717, 1.165) is 17.7 Å². The molecule has 7 heteroatoms. The standard InChI is InChI=1S/C27H31NO4S2/c1-5-14-28-26(29)25(34-27(28)33)18-20-8-13-23(24(17-20)30-7-3)32-16-15-31-22-11-9-21(10-12-22)19(4)6-2/h5,8-13,17-19H,1,6-7,14-16H2,2-4H3/b25-18-/t19-/m1/s1. The molecular formula is C27H31NO4S2. The highest BCUT2D eigenvalue weighted by atomic mass is 32.2. The Kier molecular flexibility index (Phi) is 9.60. The molecule has 3 rings (SSSR count). The number of rotatable bonds is 12. The van der Waals surface area contributed by atoms with Gasteiger partial charge in [0.15, 0.2) is 11.5 Å². The van der Waals surface area contributed by atoms with Gasteiger partial charge in [-0.25, -0.2) is 0 Å². The Morgan fingerprint density at radius 1 is 1.06 bits per heavy atom. The molecular weight excluding hydrogens is 466 g/mol. The van der Waals surface area contributed by atoms with Crippen molar-refractivity contribution in [1.82, 2.24) is 4.90 Å². The Balaban J connectivity index is 1.60. The molecule has 34 heavy (non-hydrogen) atoms. The maximum Gasteiger partial charge on any atom is 0.266 e. The third-order valence-electron chi connectivity index (χ3n) is 5.42. The molecule has 180 valence electrons. The molecule has 2 aromatic carbocycles. The predicted octanol–water partition coefficient (Wildman–Crippen LogP) is 6.44. The summed E-state index contributed by atoms with van der Waals surface area (Å²) in [7, 11) is 0. The van der Waals surface area contributed by atoms with Crippen molar-refractivity contribution in [3.8, 4) is 17.2 Å². The van der Waals surface area contributed by atoms with Gasteiger partial charge in [-0.15, -0.1) is 6.58 Å². The Morgan fingerprint density at radius 3 is 2.47 bits per heavy atom. The van der Waals surface area contributed by atoms with Gasteiger partial charge in [0.05, 0.1) is 11.5 Å². The SMILES string of the molecule is C=CCN1C(=O)/C(=C/c2ccc(OCCOc3ccc([C@H](C)CC)cc3)c(OCC)c2)SC1=S. The second-order valence-electron chi connectivity index (χ2n) is 7.80. The number of carbonyl (C=O) groups excluding carboxylic acids is 1. The van der Waals surface area contributed by atoms with Gasteiger partial charge in [-0.2, -0.15) is 0 Å². The first kappa shape index (κ1) is 25.8. The summed E-state index contributed by atoms with van der Waals surface area (Å²) >= 11 is 6.60. The maximum absolute atomic E-state index is 12.6. The average molecular weight is 498 g/mol. The van der Waals surface area contributed by atoms with Crippen molar-refractivity contribution in [1.29, 1.82) is 0 Å². The molecule has 0 N–H and O–H groups in total. The van der Waals surface area contributed by atoms with Crippen LogP contribution in [0.3, 0.4) is 0 Å². The molecule has 0 radical (unpaired) electrons. The molecule has 0 spiro atoms. The minimum atomic E-state index is -0.109. The largest absolute Gasteiger partial charge is 0.490 e. The van der Waals surface area contributed by atoms with Gasteiger partial charge in [0.2, 0.25) is 0 Å². The van der Waals surface area contributed by atoms with Crippen molar-refractivity contribution in [2.75, 3.05) is 26.4 Å². The Bertz CT molecular complexity index is 1050. The van der Waals surface area contributed by atoms with E-state index in [2.05, 4.69) is 32.6 Å². The Labute approximate surface area is 211 Å². The number of hydrogen-bond donors (Lipinski definition) is 0. The van der Waals surface area contributed by atoms with Crippen LogP contribution in [0.1, 0.15) is 44.2 Å². The van der Waals surface area contributed by atoms with E-state index in [0.29, 0.717) is 53.0 Å². The molecule has 0 aliphatic carbocycles. The summed E-state index contributed by atoms with van der Waals surface area (Å²) in [5, 5.41) is 0. The first-order valence-electron chi connectivity index (χ1n) is 11.5. The molecule has 1 fully saturated rings. The number of thiocarbonyl (C=S) groups is 1. The van der Waals surface area contributed by atoms with Crippen LogP contribution in [0.4, 0.5) is 0 Å². The average Bonchev–Trinajstić information content (AvgIpc) is 3.10. The van der Waals surface area contributed by atoms with E-state index in [-0.39, 0.29) is 5.91 Å². The van der Waals surface area contributed by atoms with Gasteiger partial charge >= 0.3 is 0 Å². The van der Waals surface area contributed by atoms with E-state index in [1.807, 2.05) is 43.3 Å². The van der Waals surface area contributed by atoms with Gasteiger partial charge in [-0.1, -0.05) is 62.1 Å². The lowest BCUT2D eigenvalue weighted by Crippen LogP contribution is -2.27. The second kappa shape index (κ2) is 12.6. The fourth-order valence-electron chi connectivity index (χ4n) is 3.38. The third kappa shape index (κ3) is 6.64. The summed E-state index contributed by atoms with van der Waals surface area (Å²) in [6.07, 6.45) is 4.60. The minimum absolute atomic E-state index is 0.109. The normalized spacial score (nSPS) is 15.5. The Morgan fingerprint density at radius 2 is 1.79 bits per heavy atom. The lowest BCUT2D eigenvalue weighted by molar-refractivity contribution is -0.121. The molecule has 0 aromatic heterocycles. The molecule has 0 bridgehead atoms. The number of amides is 1. The molecule has 1 amide bonds. The van der Waals surface area contributed by atoms with E-state index in [4.69, 9.17) is 26.4 Å². The quantitative estimate of drug-likeness (QED) is 0.145. The molecule has 2 aromatic rings. The van der Waals surface area contributed by atoms with Gasteiger partial charge < -0.3 is 14.2 Å². The molecule has 1 heterocycles. The molecule has 5 nitrogen and oxygen atoms in total. The van der Waals surface area contributed by atoms with Crippen LogP contribution < -0.4 is 14.2 Å². The summed E-state index contributed by atoms with van der Waals surface area (Å²) in [4.78, 5) is 14.7. The molecule has 1 aliphatic rings. The van der Waals surface area contributed by atoms with Crippen LogP contribution >= 0.6 is 24.0 Å². The van der Waals surface area contributed by atoms with Gasteiger partial charge in [0.25, 0.3) is 5.91 Å². The first-order valence-corrected chi connectivity index (χ1v) is 12.7. The van der Waals surface area contributed by atoms with E-state index in [1.54, 1.807) is 6.08 Å². The molecule has 1 saturated heterocycles. The van der Waals surface area contributed by atoms with Crippen LogP contribution in [0.25, 0.3) is 6.08 Å². The highest BCUT2D eigenvalue weighted by Crippen LogP contribution is 2.35. The second-order valence-corrected chi connectivity index (χ2v) is 9.47. The summed E-state index contributed by atoms with van der Waals surface area (Å²) in [6, 6.07) is 13.8. The fraction of sp³-hybridized carbons (Fsp3) is 0.333. The number of thioether (sulfide) groups is 1. The van der Waals surface area contributed by atoms with Crippen molar-refractivity contribution in [2.45, 2.75) is 33.1 Å². The Hall–Kier alpha value is -2.77. The highest BCUT2D eigenvalue weighted by Gasteiger charge is 2.31. The zero-order valence-corrected chi connectivity index (χ0v) is 21.5. The number of benzene rings is 2. The summed E-state index contributed by atoms with van der Waals surface area (Å²) in [5.41, 5.74) is 2.16. The predicted molar refractivity (Wildman–Crippen MR) is 144 cm³/mol. The number of hydrogen-bond acceptors (Lipinski definition) is 6. The summed E-state index contributed by atoms with van der Waals surface area (Å²) in [5.74, 6) is 2.51.